The summed E-state index contributed by atoms with van der Waals surface area (Å²) in [7, 11) is 0. The zero-order chi connectivity index (χ0) is 12.3. The minimum absolute atomic E-state index is 0.601. The van der Waals surface area contributed by atoms with Crippen LogP contribution in [0, 0.1) is 0 Å². The van der Waals surface area contributed by atoms with Crippen LogP contribution in [0.5, 0.6) is 0 Å². The van der Waals surface area contributed by atoms with E-state index in [1.54, 1.807) is 6.26 Å². The van der Waals surface area contributed by atoms with Crippen LogP contribution in [0.15, 0.2) is 16.7 Å². The van der Waals surface area contributed by atoms with Gasteiger partial charge in [-0.15, -0.1) is 0 Å². The van der Waals surface area contributed by atoms with E-state index in [1.165, 1.54) is 63.4 Å². The predicted molar refractivity (Wildman–Crippen MR) is 74.1 cm³/mol. The lowest BCUT2D eigenvalue weighted by molar-refractivity contribution is 0.562. The Morgan fingerprint density at radius 2 is 1.53 bits per heavy atom. The smallest absolute Gasteiger partial charge is 0.193 e. The Morgan fingerprint density at radius 3 is 2.06 bits per heavy atom. The summed E-state index contributed by atoms with van der Waals surface area (Å²) in [5.74, 6) is 0.601. The third-order valence-corrected chi connectivity index (χ3v) is 3.33. The molecule has 0 aromatic carbocycles. The first-order valence-corrected chi connectivity index (χ1v) is 7.16. The molecule has 0 bridgehead atoms. The Hall–Kier alpha value is -0.920. The number of hydrogen-bond acceptors (Lipinski definition) is 2. The van der Waals surface area contributed by atoms with E-state index in [0.29, 0.717) is 5.88 Å². The quantitative estimate of drug-likeness (QED) is 0.586. The maximum atomic E-state index is 5.68. The number of unbranched alkanes of at least 4 members (excludes halogenated alkanes) is 8. The highest BCUT2D eigenvalue weighted by Gasteiger charge is 2.01. The van der Waals surface area contributed by atoms with Crippen molar-refractivity contribution in [2.24, 2.45) is 0 Å². The summed E-state index contributed by atoms with van der Waals surface area (Å²) < 4.78 is 5.08. The molecular formula is C15H27NO. The first kappa shape index (κ1) is 14.1. The molecule has 98 valence electrons. The van der Waals surface area contributed by atoms with E-state index in [-0.39, 0.29) is 0 Å². The van der Waals surface area contributed by atoms with Crippen LogP contribution < -0.4 is 5.73 Å². The summed E-state index contributed by atoms with van der Waals surface area (Å²) in [6, 6.07) is 1.99. The van der Waals surface area contributed by atoms with Crippen LogP contribution in [0.4, 0.5) is 5.88 Å². The van der Waals surface area contributed by atoms with Crippen molar-refractivity contribution in [1.29, 1.82) is 0 Å². The third-order valence-electron chi connectivity index (χ3n) is 3.33. The van der Waals surface area contributed by atoms with Crippen molar-refractivity contribution in [2.45, 2.75) is 71.1 Å². The average molecular weight is 237 g/mol. The fraction of sp³-hybridized carbons (Fsp3) is 0.733. The van der Waals surface area contributed by atoms with Crippen molar-refractivity contribution in [3.8, 4) is 0 Å². The normalized spacial score (nSPS) is 10.9. The Kier molecular flexibility index (Phi) is 7.61. The Labute approximate surface area is 106 Å². The van der Waals surface area contributed by atoms with Gasteiger partial charge in [0.15, 0.2) is 5.88 Å². The number of aryl methyl sites for hydroxylation is 1. The van der Waals surface area contributed by atoms with Gasteiger partial charge in [-0.3, -0.25) is 0 Å². The van der Waals surface area contributed by atoms with E-state index in [9.17, 15) is 0 Å². The second-order valence-electron chi connectivity index (χ2n) is 4.89. The molecular weight excluding hydrogens is 210 g/mol. The van der Waals surface area contributed by atoms with Gasteiger partial charge in [-0.1, -0.05) is 58.3 Å². The van der Waals surface area contributed by atoms with Crippen LogP contribution in [0.25, 0.3) is 0 Å². The lowest BCUT2D eigenvalue weighted by Crippen LogP contribution is -1.90. The second-order valence-corrected chi connectivity index (χ2v) is 4.89. The van der Waals surface area contributed by atoms with Crippen molar-refractivity contribution >= 4 is 5.88 Å². The molecule has 0 atom stereocenters. The molecule has 1 rings (SSSR count). The van der Waals surface area contributed by atoms with Gasteiger partial charge >= 0.3 is 0 Å². The van der Waals surface area contributed by atoms with Crippen molar-refractivity contribution in [2.75, 3.05) is 5.73 Å². The number of hydrogen-bond donors (Lipinski definition) is 1. The van der Waals surface area contributed by atoms with Crippen LogP contribution in [-0.2, 0) is 6.42 Å². The van der Waals surface area contributed by atoms with Gasteiger partial charge < -0.3 is 10.2 Å². The van der Waals surface area contributed by atoms with Crippen molar-refractivity contribution in [3.63, 3.8) is 0 Å². The molecule has 0 spiro atoms. The fourth-order valence-electron chi connectivity index (χ4n) is 2.18. The Balaban J connectivity index is 1.86. The molecule has 0 aliphatic heterocycles. The molecule has 17 heavy (non-hydrogen) atoms. The van der Waals surface area contributed by atoms with Crippen LogP contribution in [0.2, 0.25) is 0 Å². The highest BCUT2D eigenvalue weighted by molar-refractivity contribution is 5.35. The van der Waals surface area contributed by atoms with Crippen molar-refractivity contribution in [1.82, 2.24) is 0 Å². The van der Waals surface area contributed by atoms with Gasteiger partial charge in [0.2, 0.25) is 0 Å². The Bertz CT molecular complexity index is 280. The van der Waals surface area contributed by atoms with Gasteiger partial charge in [-0.25, -0.2) is 0 Å². The molecule has 0 amide bonds. The molecule has 0 aliphatic rings. The van der Waals surface area contributed by atoms with Gasteiger partial charge in [0, 0.05) is 5.56 Å². The molecule has 0 fully saturated rings. The lowest BCUT2D eigenvalue weighted by atomic mass is 10.0. The zero-order valence-corrected chi connectivity index (χ0v) is 11.2. The van der Waals surface area contributed by atoms with E-state index in [2.05, 4.69) is 6.92 Å². The number of anilines is 1. The molecule has 1 aromatic rings. The summed E-state index contributed by atoms with van der Waals surface area (Å²) in [6.07, 6.45) is 15.0. The molecule has 0 unspecified atom stereocenters. The molecule has 0 saturated heterocycles. The maximum Gasteiger partial charge on any atom is 0.193 e. The van der Waals surface area contributed by atoms with E-state index < -0.39 is 0 Å². The number of nitrogen functional groups attached to an aromatic ring is 1. The van der Waals surface area contributed by atoms with Crippen LogP contribution in [0.3, 0.4) is 0 Å². The summed E-state index contributed by atoms with van der Waals surface area (Å²) >= 11 is 0. The average Bonchev–Trinajstić information content (AvgIpc) is 2.73. The second kappa shape index (κ2) is 9.15. The maximum absolute atomic E-state index is 5.68. The summed E-state index contributed by atoms with van der Waals surface area (Å²) in [5.41, 5.74) is 6.86. The van der Waals surface area contributed by atoms with Gasteiger partial charge in [0.1, 0.15) is 0 Å². The van der Waals surface area contributed by atoms with E-state index >= 15 is 0 Å². The first-order chi connectivity index (χ1) is 8.34. The molecule has 1 heterocycles. The van der Waals surface area contributed by atoms with E-state index in [0.717, 1.165) is 6.42 Å². The zero-order valence-electron chi connectivity index (χ0n) is 11.2. The standard InChI is InChI=1S/C15H27NO/c1-2-3-4-5-6-7-8-9-10-11-14-12-13-17-15(14)16/h12-13H,2-11,16H2,1H3. The lowest BCUT2D eigenvalue weighted by Gasteiger charge is -2.01. The molecule has 0 radical (unpaired) electrons. The largest absolute Gasteiger partial charge is 0.449 e. The van der Waals surface area contributed by atoms with E-state index in [1.807, 2.05) is 6.07 Å². The molecule has 0 saturated carbocycles. The Morgan fingerprint density at radius 1 is 0.941 bits per heavy atom. The predicted octanol–water partition coefficient (Wildman–Crippen LogP) is 4.94. The number of rotatable bonds is 10. The topological polar surface area (TPSA) is 39.2 Å². The van der Waals surface area contributed by atoms with Crippen LogP contribution >= 0.6 is 0 Å². The molecule has 2 N–H and O–H groups in total. The van der Waals surface area contributed by atoms with Gasteiger partial charge in [-0.2, -0.15) is 0 Å². The molecule has 2 heteroatoms. The monoisotopic (exact) mass is 237 g/mol. The SMILES string of the molecule is CCCCCCCCCCCc1ccoc1N. The minimum Gasteiger partial charge on any atom is -0.449 e. The van der Waals surface area contributed by atoms with Gasteiger partial charge in [0.25, 0.3) is 0 Å². The highest BCUT2D eigenvalue weighted by Crippen LogP contribution is 2.16. The van der Waals surface area contributed by atoms with Crippen LogP contribution in [-0.4, -0.2) is 0 Å². The number of nitrogens with two attached hydrogens (primary N) is 1. The molecule has 0 aliphatic carbocycles. The van der Waals surface area contributed by atoms with Crippen molar-refractivity contribution < 1.29 is 4.42 Å². The van der Waals surface area contributed by atoms with Crippen LogP contribution in [0.1, 0.15) is 70.3 Å². The van der Waals surface area contributed by atoms with Gasteiger partial charge in [-0.05, 0) is 18.9 Å². The molecule has 2 nitrogen and oxygen atoms in total. The third kappa shape index (κ3) is 6.40. The fourth-order valence-corrected chi connectivity index (χ4v) is 2.18. The highest BCUT2D eigenvalue weighted by atomic mass is 16.3. The van der Waals surface area contributed by atoms with Gasteiger partial charge in [0.05, 0.1) is 6.26 Å². The molecule has 1 aromatic heterocycles. The van der Waals surface area contributed by atoms with Crippen molar-refractivity contribution in [3.05, 3.63) is 17.9 Å². The van der Waals surface area contributed by atoms with E-state index in [4.69, 9.17) is 10.2 Å². The first-order valence-electron chi connectivity index (χ1n) is 7.16. The number of furan rings is 1. The summed E-state index contributed by atoms with van der Waals surface area (Å²) in [6.45, 7) is 2.27. The summed E-state index contributed by atoms with van der Waals surface area (Å²) in [5, 5.41) is 0. The summed E-state index contributed by atoms with van der Waals surface area (Å²) in [4.78, 5) is 0. The minimum atomic E-state index is 0.601.